The predicted molar refractivity (Wildman–Crippen MR) is 111 cm³/mol. The van der Waals surface area contributed by atoms with Crippen molar-refractivity contribution in [3.8, 4) is 11.5 Å². The molecule has 8 nitrogen and oxygen atoms in total. The topological polar surface area (TPSA) is 103 Å². The van der Waals surface area contributed by atoms with Crippen molar-refractivity contribution >= 4 is 17.8 Å². The van der Waals surface area contributed by atoms with Crippen LogP contribution in [-0.4, -0.2) is 23.8 Å². The third-order valence-electron chi connectivity index (χ3n) is 5.43. The van der Waals surface area contributed by atoms with Crippen molar-refractivity contribution in [1.29, 1.82) is 0 Å². The maximum absolute atomic E-state index is 12.4. The van der Waals surface area contributed by atoms with Crippen LogP contribution in [0.4, 0.5) is 5.69 Å². The summed E-state index contributed by atoms with van der Waals surface area (Å²) in [5.74, 6) is 0.568. The molecule has 2 aliphatic rings. The molecule has 1 N–H and O–H groups in total. The van der Waals surface area contributed by atoms with Gasteiger partial charge in [-0.05, 0) is 34.9 Å². The van der Waals surface area contributed by atoms with Gasteiger partial charge in [-0.1, -0.05) is 45.0 Å². The number of fused-ring (bicyclic) bond motifs is 1. The number of rotatable bonds is 5. The van der Waals surface area contributed by atoms with Crippen LogP contribution in [-0.2, 0) is 10.2 Å². The Morgan fingerprint density at radius 1 is 1.20 bits per heavy atom. The minimum Gasteiger partial charge on any atom is -0.454 e. The lowest BCUT2D eigenvalue weighted by molar-refractivity contribution is -0.385. The minimum atomic E-state index is -0.524. The predicted octanol–water partition coefficient (Wildman–Crippen LogP) is 3.87. The second kappa shape index (κ2) is 7.44. The zero-order chi connectivity index (χ0) is 21.5. The molecule has 1 saturated carbocycles. The van der Waals surface area contributed by atoms with Crippen LogP contribution in [0.2, 0.25) is 0 Å². The molecule has 0 bridgehead atoms. The number of hydrogen-bond acceptors (Lipinski definition) is 6. The molecule has 1 amide bonds. The minimum absolute atomic E-state index is 0.0175. The molecule has 0 saturated heterocycles. The van der Waals surface area contributed by atoms with Gasteiger partial charge in [-0.25, -0.2) is 5.43 Å². The maximum Gasteiger partial charge on any atom is 0.282 e. The van der Waals surface area contributed by atoms with Crippen molar-refractivity contribution in [1.82, 2.24) is 5.43 Å². The standard InChI is InChI=1S/C22H23N3O5/c1-22(2,3)15-6-4-13(5-7-15)16-9-17(16)21(26)24-23-11-14-8-19-20(30-12-29-19)10-18(14)25(27)28/h4-8,10-11,16-17H,9,12H2,1-3H3,(H,24,26)/b23-11-. The summed E-state index contributed by atoms with van der Waals surface area (Å²) in [6.07, 6.45) is 2.02. The van der Waals surface area contributed by atoms with Gasteiger partial charge < -0.3 is 9.47 Å². The second-order valence-corrected chi connectivity index (χ2v) is 8.58. The number of nitro benzene ring substituents is 1. The first kappa shape index (κ1) is 19.9. The van der Waals surface area contributed by atoms with Crippen LogP contribution in [0.1, 0.15) is 49.8 Å². The molecule has 1 aliphatic heterocycles. The highest BCUT2D eigenvalue weighted by Crippen LogP contribution is 2.47. The summed E-state index contributed by atoms with van der Waals surface area (Å²) in [6, 6.07) is 11.2. The molecule has 0 radical (unpaired) electrons. The van der Waals surface area contributed by atoms with E-state index < -0.39 is 4.92 Å². The second-order valence-electron chi connectivity index (χ2n) is 8.58. The summed E-state index contributed by atoms with van der Waals surface area (Å²) in [5, 5.41) is 15.2. The average Bonchev–Trinajstić information content (AvgIpc) is 3.37. The molecule has 0 aromatic heterocycles. The third-order valence-corrected chi connectivity index (χ3v) is 5.43. The van der Waals surface area contributed by atoms with Gasteiger partial charge >= 0.3 is 0 Å². The Morgan fingerprint density at radius 2 is 1.87 bits per heavy atom. The molecule has 1 aliphatic carbocycles. The average molecular weight is 409 g/mol. The Balaban J connectivity index is 1.39. The molecule has 8 heteroatoms. The van der Waals surface area contributed by atoms with Crippen LogP contribution in [0.3, 0.4) is 0 Å². The summed E-state index contributed by atoms with van der Waals surface area (Å²) in [4.78, 5) is 23.2. The fraction of sp³-hybridized carbons (Fsp3) is 0.364. The molecule has 2 aromatic carbocycles. The van der Waals surface area contributed by atoms with Crippen molar-refractivity contribution in [3.63, 3.8) is 0 Å². The Labute approximate surface area is 174 Å². The summed E-state index contributed by atoms with van der Waals surface area (Å²) < 4.78 is 10.4. The number of hydrazone groups is 1. The van der Waals surface area contributed by atoms with Crippen LogP contribution in [0.15, 0.2) is 41.5 Å². The lowest BCUT2D eigenvalue weighted by Crippen LogP contribution is -2.20. The van der Waals surface area contributed by atoms with Crippen molar-refractivity contribution in [2.45, 2.75) is 38.5 Å². The van der Waals surface area contributed by atoms with E-state index in [1.165, 1.54) is 23.9 Å². The maximum atomic E-state index is 12.4. The van der Waals surface area contributed by atoms with Gasteiger partial charge in [0.05, 0.1) is 22.8 Å². The molecule has 2 aromatic rings. The van der Waals surface area contributed by atoms with E-state index in [-0.39, 0.29) is 41.2 Å². The van der Waals surface area contributed by atoms with Gasteiger partial charge in [-0.15, -0.1) is 0 Å². The Kier molecular flexibility index (Phi) is 4.93. The number of carbonyl (C=O) groups excluding carboxylic acids is 1. The van der Waals surface area contributed by atoms with Gasteiger partial charge in [0.1, 0.15) is 0 Å². The molecular weight excluding hydrogens is 386 g/mol. The van der Waals surface area contributed by atoms with Crippen molar-refractivity contribution < 1.29 is 19.2 Å². The van der Waals surface area contributed by atoms with Crippen LogP contribution >= 0.6 is 0 Å². The highest BCUT2D eigenvalue weighted by molar-refractivity contribution is 5.89. The number of benzene rings is 2. The Morgan fingerprint density at radius 3 is 2.50 bits per heavy atom. The van der Waals surface area contributed by atoms with Gasteiger partial charge in [-0.3, -0.25) is 14.9 Å². The number of ether oxygens (including phenoxy) is 2. The summed E-state index contributed by atoms with van der Waals surface area (Å²) in [7, 11) is 0. The molecule has 0 spiro atoms. The fourth-order valence-electron chi connectivity index (χ4n) is 3.54. The van der Waals surface area contributed by atoms with E-state index in [0.29, 0.717) is 11.5 Å². The molecular formula is C22H23N3O5. The zero-order valence-electron chi connectivity index (χ0n) is 17.0. The third kappa shape index (κ3) is 3.98. The van der Waals surface area contributed by atoms with Crippen LogP contribution in [0, 0.1) is 16.0 Å². The molecule has 2 unspecified atom stereocenters. The highest BCUT2D eigenvalue weighted by atomic mass is 16.7. The number of hydrogen-bond donors (Lipinski definition) is 1. The van der Waals surface area contributed by atoms with Crippen LogP contribution < -0.4 is 14.9 Å². The molecule has 4 rings (SSSR count). The van der Waals surface area contributed by atoms with E-state index in [4.69, 9.17) is 9.47 Å². The summed E-state index contributed by atoms with van der Waals surface area (Å²) in [6.45, 7) is 6.51. The Hall–Kier alpha value is -3.42. The highest BCUT2D eigenvalue weighted by Gasteiger charge is 2.44. The van der Waals surface area contributed by atoms with Gasteiger partial charge in [-0.2, -0.15) is 5.10 Å². The summed E-state index contributed by atoms with van der Waals surface area (Å²) >= 11 is 0. The summed E-state index contributed by atoms with van der Waals surface area (Å²) in [5.41, 5.74) is 5.04. The fourth-order valence-corrected chi connectivity index (χ4v) is 3.54. The molecule has 1 fully saturated rings. The lowest BCUT2D eigenvalue weighted by Gasteiger charge is -2.19. The van der Waals surface area contributed by atoms with Crippen molar-refractivity contribution in [3.05, 3.63) is 63.2 Å². The smallest absolute Gasteiger partial charge is 0.282 e. The molecule has 2 atom stereocenters. The van der Waals surface area contributed by atoms with E-state index in [0.717, 1.165) is 12.0 Å². The van der Waals surface area contributed by atoms with E-state index in [1.807, 2.05) is 0 Å². The number of nitrogens with zero attached hydrogens (tertiary/aromatic N) is 2. The number of nitrogens with one attached hydrogen (secondary N) is 1. The first-order chi connectivity index (χ1) is 14.2. The normalized spacial score (nSPS) is 19.7. The SMILES string of the molecule is CC(C)(C)c1ccc(C2CC2C(=O)N/N=C\c2cc3c(cc2[N+](=O)[O-])OCO3)cc1. The Bertz CT molecular complexity index is 1020. The first-order valence-electron chi connectivity index (χ1n) is 9.75. The van der Waals surface area contributed by atoms with Crippen LogP contribution in [0.25, 0.3) is 0 Å². The van der Waals surface area contributed by atoms with Gasteiger partial charge in [0.15, 0.2) is 11.5 Å². The monoisotopic (exact) mass is 409 g/mol. The lowest BCUT2D eigenvalue weighted by atomic mass is 9.86. The van der Waals surface area contributed by atoms with Gasteiger partial charge in [0, 0.05) is 5.92 Å². The number of nitro groups is 1. The van der Waals surface area contributed by atoms with E-state index in [2.05, 4.69) is 55.6 Å². The zero-order valence-corrected chi connectivity index (χ0v) is 17.0. The van der Waals surface area contributed by atoms with Crippen molar-refractivity contribution in [2.75, 3.05) is 6.79 Å². The molecule has 30 heavy (non-hydrogen) atoms. The van der Waals surface area contributed by atoms with Gasteiger partial charge in [0.2, 0.25) is 12.7 Å². The number of amides is 1. The van der Waals surface area contributed by atoms with E-state index >= 15 is 0 Å². The van der Waals surface area contributed by atoms with Crippen molar-refractivity contribution in [2.24, 2.45) is 11.0 Å². The van der Waals surface area contributed by atoms with Gasteiger partial charge in [0.25, 0.3) is 5.69 Å². The molecule has 1 heterocycles. The number of carbonyl (C=O) groups is 1. The largest absolute Gasteiger partial charge is 0.454 e. The van der Waals surface area contributed by atoms with E-state index in [1.54, 1.807) is 0 Å². The quantitative estimate of drug-likeness (QED) is 0.459. The molecule has 156 valence electrons. The first-order valence-corrected chi connectivity index (χ1v) is 9.75. The van der Waals surface area contributed by atoms with Crippen LogP contribution in [0.5, 0.6) is 11.5 Å². The van der Waals surface area contributed by atoms with E-state index in [9.17, 15) is 14.9 Å².